The van der Waals surface area contributed by atoms with Crippen LogP contribution in [-0.4, -0.2) is 28.0 Å². The summed E-state index contributed by atoms with van der Waals surface area (Å²) in [5.74, 6) is -2.06. The molecule has 2 amide bonds. The van der Waals surface area contributed by atoms with E-state index in [1.165, 1.54) is 30.3 Å². The van der Waals surface area contributed by atoms with Gasteiger partial charge in [-0.2, -0.15) is 0 Å². The van der Waals surface area contributed by atoms with Crippen LogP contribution in [-0.2, 0) is 11.3 Å². The molecule has 0 saturated carbocycles. The number of hydrogen-bond donors (Lipinski definition) is 4. The number of rotatable bonds is 7. The summed E-state index contributed by atoms with van der Waals surface area (Å²) in [6.45, 7) is 1.99. The second-order valence-electron chi connectivity index (χ2n) is 5.83. The van der Waals surface area contributed by atoms with E-state index in [4.69, 9.17) is 5.11 Å². The van der Waals surface area contributed by atoms with Crippen molar-refractivity contribution in [2.75, 3.05) is 0 Å². The summed E-state index contributed by atoms with van der Waals surface area (Å²) in [7, 11) is 0. The summed E-state index contributed by atoms with van der Waals surface area (Å²) < 4.78 is 0.358. The normalized spacial score (nSPS) is 11.0. The van der Waals surface area contributed by atoms with Crippen molar-refractivity contribution in [2.24, 2.45) is 0 Å². The van der Waals surface area contributed by atoms with Gasteiger partial charge in [-0.1, -0.05) is 25.1 Å². The summed E-state index contributed by atoms with van der Waals surface area (Å²) >= 11 is 3.25. The molecule has 0 aliphatic rings. The lowest BCUT2D eigenvalue weighted by Crippen LogP contribution is -2.28. The molecule has 0 radical (unpaired) electrons. The summed E-state index contributed by atoms with van der Waals surface area (Å²) in [5.41, 5.74) is 1.07. The zero-order valence-corrected chi connectivity index (χ0v) is 16.6. The highest BCUT2D eigenvalue weighted by atomic mass is 79.9. The van der Waals surface area contributed by atoms with Crippen LogP contribution in [0.4, 0.5) is 0 Å². The first-order valence-electron chi connectivity index (χ1n) is 8.42. The number of phenols is 1. The lowest BCUT2D eigenvalue weighted by atomic mass is 10.1. The number of carboxylic acids is 1. The maximum Gasteiger partial charge on any atom is 0.352 e. The number of carboxylic acid groups (broad SMARTS) is 1. The molecule has 0 atom stereocenters. The monoisotopic (exact) mass is 446 g/mol. The molecule has 7 nitrogen and oxygen atoms in total. The third-order valence-electron chi connectivity index (χ3n) is 3.73. The minimum atomic E-state index is -1.23. The molecule has 4 N–H and O–H groups in total. The maximum atomic E-state index is 12.3. The van der Waals surface area contributed by atoms with Crippen molar-refractivity contribution in [3.63, 3.8) is 0 Å². The van der Waals surface area contributed by atoms with E-state index in [2.05, 4.69) is 26.6 Å². The fraction of sp³-hybridized carbons (Fsp3) is 0.150. The van der Waals surface area contributed by atoms with Crippen LogP contribution in [0.25, 0.3) is 0 Å². The van der Waals surface area contributed by atoms with Gasteiger partial charge in [0.05, 0.1) is 5.56 Å². The molecule has 0 aliphatic carbocycles. The summed E-state index contributed by atoms with van der Waals surface area (Å²) in [6.07, 6.45) is 1.86. The molecule has 0 spiro atoms. The van der Waals surface area contributed by atoms with E-state index in [9.17, 15) is 19.5 Å². The molecule has 146 valence electrons. The molecule has 0 heterocycles. The lowest BCUT2D eigenvalue weighted by Gasteiger charge is -2.10. The molecule has 0 fully saturated rings. The van der Waals surface area contributed by atoms with Crippen molar-refractivity contribution in [1.82, 2.24) is 10.6 Å². The van der Waals surface area contributed by atoms with Crippen molar-refractivity contribution in [3.8, 4) is 5.75 Å². The van der Waals surface area contributed by atoms with E-state index < -0.39 is 11.9 Å². The SMILES string of the molecule is CCC=C(NC(=O)c1ccc(C(=O)NCc2cccc(O)c2)cc1Br)C(=O)O. The Hall–Kier alpha value is -3.13. The summed E-state index contributed by atoms with van der Waals surface area (Å²) in [5, 5.41) is 23.6. The van der Waals surface area contributed by atoms with Gasteiger partial charge in [-0.15, -0.1) is 0 Å². The molecule has 0 bridgehead atoms. The number of allylic oxidation sites excluding steroid dienone is 1. The van der Waals surface area contributed by atoms with E-state index in [-0.39, 0.29) is 29.5 Å². The Morgan fingerprint density at radius 2 is 1.86 bits per heavy atom. The second-order valence-corrected chi connectivity index (χ2v) is 6.69. The van der Waals surface area contributed by atoms with Crippen LogP contribution in [0.2, 0.25) is 0 Å². The molecule has 0 saturated heterocycles. The molecule has 2 aromatic rings. The van der Waals surface area contributed by atoms with Gasteiger partial charge < -0.3 is 20.8 Å². The number of carbonyl (C=O) groups is 3. The van der Waals surface area contributed by atoms with E-state index >= 15 is 0 Å². The standard InChI is InChI=1S/C20H19BrN2O5/c1-2-4-17(20(27)28)23-19(26)15-8-7-13(10-16(15)21)18(25)22-11-12-5-3-6-14(24)9-12/h3-10,24H,2,11H2,1H3,(H,22,25)(H,23,26)(H,27,28). The minimum Gasteiger partial charge on any atom is -0.508 e. The average Bonchev–Trinajstić information content (AvgIpc) is 2.65. The van der Waals surface area contributed by atoms with Crippen LogP contribution in [0.3, 0.4) is 0 Å². The number of aromatic hydroxyl groups is 1. The smallest absolute Gasteiger partial charge is 0.352 e. The van der Waals surface area contributed by atoms with Gasteiger partial charge in [0.2, 0.25) is 0 Å². The van der Waals surface area contributed by atoms with Crippen molar-refractivity contribution in [3.05, 3.63) is 75.4 Å². The van der Waals surface area contributed by atoms with Crippen LogP contribution in [0.1, 0.15) is 39.6 Å². The first kappa shape index (κ1) is 21.2. The Morgan fingerprint density at radius 1 is 1.11 bits per heavy atom. The van der Waals surface area contributed by atoms with Crippen LogP contribution >= 0.6 is 15.9 Å². The highest BCUT2D eigenvalue weighted by Gasteiger charge is 2.17. The predicted octanol–water partition coefficient (Wildman–Crippen LogP) is 3.19. The fourth-order valence-corrected chi connectivity index (χ4v) is 2.94. The van der Waals surface area contributed by atoms with Gasteiger partial charge in [0.1, 0.15) is 11.4 Å². The van der Waals surface area contributed by atoms with Crippen molar-refractivity contribution >= 4 is 33.7 Å². The number of aliphatic carboxylic acids is 1. The van der Waals surface area contributed by atoms with Gasteiger partial charge >= 0.3 is 5.97 Å². The number of nitrogens with one attached hydrogen (secondary N) is 2. The molecule has 0 unspecified atom stereocenters. The molecular weight excluding hydrogens is 428 g/mol. The third kappa shape index (κ3) is 5.68. The number of phenolic OH excluding ortho intramolecular Hbond substituents is 1. The average molecular weight is 447 g/mol. The molecular formula is C20H19BrN2O5. The second kappa shape index (κ2) is 9.70. The molecule has 0 aromatic heterocycles. The van der Waals surface area contributed by atoms with Gasteiger partial charge in [0, 0.05) is 16.6 Å². The van der Waals surface area contributed by atoms with Gasteiger partial charge in [-0.3, -0.25) is 9.59 Å². The van der Waals surface area contributed by atoms with Crippen LogP contribution in [0.5, 0.6) is 5.75 Å². The Kier molecular flexibility index (Phi) is 7.34. The summed E-state index contributed by atoms with van der Waals surface area (Å²) in [6, 6.07) is 10.9. The molecule has 28 heavy (non-hydrogen) atoms. The van der Waals surface area contributed by atoms with Crippen LogP contribution < -0.4 is 10.6 Å². The van der Waals surface area contributed by atoms with Gasteiger partial charge in [-0.05, 0) is 58.2 Å². The highest BCUT2D eigenvalue weighted by molar-refractivity contribution is 9.10. The summed E-state index contributed by atoms with van der Waals surface area (Å²) in [4.78, 5) is 35.7. The number of carbonyl (C=O) groups excluding carboxylic acids is 2. The molecule has 8 heteroatoms. The van der Waals surface area contributed by atoms with Gasteiger partial charge in [0.25, 0.3) is 11.8 Å². The zero-order valence-electron chi connectivity index (χ0n) is 15.0. The van der Waals surface area contributed by atoms with Gasteiger partial charge in [-0.25, -0.2) is 4.79 Å². The Labute approximate surface area is 170 Å². The maximum absolute atomic E-state index is 12.3. The largest absolute Gasteiger partial charge is 0.508 e. The fourth-order valence-electron chi connectivity index (χ4n) is 2.38. The van der Waals surface area contributed by atoms with Crippen molar-refractivity contribution < 1.29 is 24.6 Å². The van der Waals surface area contributed by atoms with Crippen molar-refractivity contribution in [1.29, 1.82) is 0 Å². The van der Waals surface area contributed by atoms with Crippen LogP contribution in [0, 0.1) is 0 Å². The predicted molar refractivity (Wildman–Crippen MR) is 107 cm³/mol. The Balaban J connectivity index is 2.08. The van der Waals surface area contributed by atoms with E-state index in [1.54, 1.807) is 25.1 Å². The number of amides is 2. The Morgan fingerprint density at radius 3 is 2.46 bits per heavy atom. The number of halogens is 1. The van der Waals surface area contributed by atoms with E-state index in [0.717, 1.165) is 5.56 Å². The van der Waals surface area contributed by atoms with Crippen LogP contribution in [0.15, 0.2) is 58.7 Å². The highest BCUT2D eigenvalue weighted by Crippen LogP contribution is 2.19. The van der Waals surface area contributed by atoms with Crippen molar-refractivity contribution in [2.45, 2.75) is 19.9 Å². The molecule has 2 aromatic carbocycles. The third-order valence-corrected chi connectivity index (χ3v) is 4.38. The minimum absolute atomic E-state index is 0.114. The van der Waals surface area contributed by atoms with E-state index in [1.807, 2.05) is 0 Å². The van der Waals surface area contributed by atoms with Gasteiger partial charge in [0.15, 0.2) is 0 Å². The zero-order chi connectivity index (χ0) is 20.7. The first-order valence-corrected chi connectivity index (χ1v) is 9.21. The molecule has 2 rings (SSSR count). The number of hydrogen-bond acceptors (Lipinski definition) is 4. The quantitative estimate of drug-likeness (QED) is 0.487. The Bertz CT molecular complexity index is 940. The van der Waals surface area contributed by atoms with E-state index in [0.29, 0.717) is 16.5 Å². The topological polar surface area (TPSA) is 116 Å². The first-order chi connectivity index (χ1) is 13.3. The lowest BCUT2D eigenvalue weighted by molar-refractivity contribution is -0.133. The number of benzene rings is 2. The molecule has 0 aliphatic heterocycles.